The molecule has 162 valence electrons. The predicted octanol–water partition coefficient (Wildman–Crippen LogP) is 2.81. The zero-order valence-electron chi connectivity index (χ0n) is 17.3. The average Bonchev–Trinajstić information content (AvgIpc) is 3.27. The maximum Gasteiger partial charge on any atom is 0.251 e. The lowest BCUT2D eigenvalue weighted by atomic mass is 10.1. The van der Waals surface area contributed by atoms with Crippen LogP contribution in [0.2, 0.25) is 0 Å². The standard InChI is InChI=1S/C22H28N2O5S/c1-3-28-21-12-11-17(22(25)23-15-19-8-7-13-29-19)14-18(21)16-24(2)30(26,27)20-9-5-4-6-10-20/h4-6,9-12,14,19H,3,7-8,13,15-16H2,1-2H3,(H,23,25). The van der Waals surface area contributed by atoms with Gasteiger partial charge >= 0.3 is 0 Å². The molecule has 30 heavy (non-hydrogen) atoms. The summed E-state index contributed by atoms with van der Waals surface area (Å²) in [6, 6.07) is 13.3. The van der Waals surface area contributed by atoms with Crippen LogP contribution >= 0.6 is 0 Å². The maximum absolute atomic E-state index is 12.9. The Balaban J connectivity index is 1.77. The van der Waals surface area contributed by atoms with E-state index in [4.69, 9.17) is 9.47 Å². The molecule has 0 aliphatic carbocycles. The van der Waals surface area contributed by atoms with Crippen LogP contribution in [0.25, 0.3) is 0 Å². The molecule has 0 saturated carbocycles. The highest BCUT2D eigenvalue weighted by molar-refractivity contribution is 7.89. The van der Waals surface area contributed by atoms with Crippen molar-refractivity contribution in [3.05, 3.63) is 59.7 Å². The van der Waals surface area contributed by atoms with Crippen LogP contribution < -0.4 is 10.1 Å². The van der Waals surface area contributed by atoms with Gasteiger partial charge in [0.25, 0.3) is 5.91 Å². The molecule has 1 aliphatic heterocycles. The van der Waals surface area contributed by atoms with Crippen molar-refractivity contribution >= 4 is 15.9 Å². The van der Waals surface area contributed by atoms with E-state index < -0.39 is 10.0 Å². The molecule has 1 heterocycles. The normalized spacial score (nSPS) is 16.6. The van der Waals surface area contributed by atoms with Gasteiger partial charge in [-0.1, -0.05) is 18.2 Å². The van der Waals surface area contributed by atoms with E-state index in [9.17, 15) is 13.2 Å². The summed E-state index contributed by atoms with van der Waals surface area (Å²) >= 11 is 0. The minimum atomic E-state index is -3.66. The van der Waals surface area contributed by atoms with E-state index in [1.165, 1.54) is 11.4 Å². The lowest BCUT2D eigenvalue weighted by Crippen LogP contribution is -2.32. The molecule has 1 fully saturated rings. The van der Waals surface area contributed by atoms with E-state index in [1.54, 1.807) is 48.5 Å². The molecule has 1 unspecified atom stereocenters. The van der Waals surface area contributed by atoms with Crippen LogP contribution in [0.1, 0.15) is 35.7 Å². The summed E-state index contributed by atoms with van der Waals surface area (Å²) in [5, 5.41) is 2.89. The van der Waals surface area contributed by atoms with Crippen LogP contribution in [-0.4, -0.2) is 51.5 Å². The molecular weight excluding hydrogens is 404 g/mol. The number of hydrogen-bond acceptors (Lipinski definition) is 5. The third-order valence-corrected chi connectivity index (χ3v) is 6.80. The number of hydrogen-bond donors (Lipinski definition) is 1. The van der Waals surface area contributed by atoms with Gasteiger partial charge in [0, 0.05) is 37.9 Å². The first-order valence-electron chi connectivity index (χ1n) is 10.1. The minimum absolute atomic E-state index is 0.0540. The van der Waals surface area contributed by atoms with Crippen molar-refractivity contribution in [1.82, 2.24) is 9.62 Å². The van der Waals surface area contributed by atoms with Crippen molar-refractivity contribution in [2.45, 2.75) is 37.3 Å². The summed E-state index contributed by atoms with van der Waals surface area (Å²) in [7, 11) is -2.15. The van der Waals surface area contributed by atoms with Crippen LogP contribution in [0.3, 0.4) is 0 Å². The summed E-state index contributed by atoms with van der Waals surface area (Å²) < 4.78 is 38.2. The van der Waals surface area contributed by atoms with Crippen molar-refractivity contribution in [2.24, 2.45) is 0 Å². The Morgan fingerprint density at radius 1 is 1.23 bits per heavy atom. The summed E-state index contributed by atoms with van der Waals surface area (Å²) in [4.78, 5) is 12.8. The molecule has 0 radical (unpaired) electrons. The molecule has 1 N–H and O–H groups in total. The number of amides is 1. The van der Waals surface area contributed by atoms with Crippen molar-refractivity contribution in [1.29, 1.82) is 0 Å². The van der Waals surface area contributed by atoms with Gasteiger partial charge in [-0.2, -0.15) is 4.31 Å². The third-order valence-electron chi connectivity index (χ3n) is 4.98. The molecule has 7 nitrogen and oxygen atoms in total. The SMILES string of the molecule is CCOc1ccc(C(=O)NCC2CCCO2)cc1CN(C)S(=O)(=O)c1ccccc1. The second-order valence-corrected chi connectivity index (χ2v) is 9.22. The summed E-state index contributed by atoms with van der Waals surface area (Å²) in [6.45, 7) is 3.57. The molecule has 8 heteroatoms. The molecule has 3 rings (SSSR count). The van der Waals surface area contributed by atoms with Crippen LogP contribution in [0.4, 0.5) is 0 Å². The summed E-state index contributed by atoms with van der Waals surface area (Å²) in [5.74, 6) is 0.339. The highest BCUT2D eigenvalue weighted by Crippen LogP contribution is 2.25. The van der Waals surface area contributed by atoms with Gasteiger partial charge < -0.3 is 14.8 Å². The average molecular weight is 433 g/mol. The number of carbonyl (C=O) groups excluding carboxylic acids is 1. The fraction of sp³-hybridized carbons (Fsp3) is 0.409. The number of benzene rings is 2. The highest BCUT2D eigenvalue weighted by atomic mass is 32.2. The van der Waals surface area contributed by atoms with E-state index in [0.29, 0.717) is 30.0 Å². The Morgan fingerprint density at radius 3 is 2.67 bits per heavy atom. The Morgan fingerprint density at radius 2 is 2.00 bits per heavy atom. The second kappa shape index (κ2) is 10.1. The molecule has 0 bridgehead atoms. The second-order valence-electron chi connectivity index (χ2n) is 7.17. The molecule has 1 atom stereocenters. The number of sulfonamides is 1. The van der Waals surface area contributed by atoms with Crippen LogP contribution in [0.5, 0.6) is 5.75 Å². The van der Waals surface area contributed by atoms with Gasteiger partial charge in [-0.05, 0) is 50.1 Å². The first kappa shape index (κ1) is 22.3. The van der Waals surface area contributed by atoms with E-state index >= 15 is 0 Å². The molecule has 0 spiro atoms. The van der Waals surface area contributed by atoms with E-state index in [1.807, 2.05) is 6.92 Å². The zero-order chi connectivity index (χ0) is 21.6. The lowest BCUT2D eigenvalue weighted by Gasteiger charge is -2.20. The van der Waals surface area contributed by atoms with E-state index in [-0.39, 0.29) is 23.5 Å². The lowest BCUT2D eigenvalue weighted by molar-refractivity contribution is 0.0857. The third kappa shape index (κ3) is 5.38. The maximum atomic E-state index is 12.9. The molecule has 1 amide bonds. The van der Waals surface area contributed by atoms with Gasteiger partial charge in [0.15, 0.2) is 0 Å². The van der Waals surface area contributed by atoms with Crippen LogP contribution in [0, 0.1) is 0 Å². The van der Waals surface area contributed by atoms with Gasteiger partial charge in [0.2, 0.25) is 10.0 Å². The number of rotatable bonds is 9. The molecule has 2 aromatic carbocycles. The van der Waals surface area contributed by atoms with E-state index in [0.717, 1.165) is 19.4 Å². The van der Waals surface area contributed by atoms with Gasteiger partial charge in [-0.15, -0.1) is 0 Å². The Bertz CT molecular complexity index is 957. The van der Waals surface area contributed by atoms with Gasteiger partial charge in [-0.3, -0.25) is 4.79 Å². The Kier molecular flexibility index (Phi) is 7.47. The van der Waals surface area contributed by atoms with Crippen molar-refractivity contribution in [3.63, 3.8) is 0 Å². The van der Waals surface area contributed by atoms with Gasteiger partial charge in [-0.25, -0.2) is 8.42 Å². The predicted molar refractivity (Wildman–Crippen MR) is 114 cm³/mol. The number of carbonyl (C=O) groups is 1. The highest BCUT2D eigenvalue weighted by Gasteiger charge is 2.23. The summed E-state index contributed by atoms with van der Waals surface area (Å²) in [6.07, 6.45) is 2.01. The largest absolute Gasteiger partial charge is 0.494 e. The topological polar surface area (TPSA) is 84.9 Å². The summed E-state index contributed by atoms with van der Waals surface area (Å²) in [5.41, 5.74) is 1.08. The first-order valence-corrected chi connectivity index (χ1v) is 11.5. The Labute approximate surface area is 178 Å². The fourth-order valence-electron chi connectivity index (χ4n) is 3.35. The number of ether oxygens (including phenoxy) is 2. The van der Waals surface area contributed by atoms with Gasteiger partial charge in [0.05, 0.1) is 17.6 Å². The van der Waals surface area contributed by atoms with Crippen molar-refractivity contribution < 1.29 is 22.7 Å². The zero-order valence-corrected chi connectivity index (χ0v) is 18.2. The first-order chi connectivity index (χ1) is 14.4. The van der Waals surface area contributed by atoms with Crippen LogP contribution in [-0.2, 0) is 21.3 Å². The molecule has 1 aliphatic rings. The molecule has 1 saturated heterocycles. The monoisotopic (exact) mass is 432 g/mol. The van der Waals surface area contributed by atoms with Crippen LogP contribution in [0.15, 0.2) is 53.4 Å². The smallest absolute Gasteiger partial charge is 0.251 e. The molecular formula is C22H28N2O5S. The Hall–Kier alpha value is -2.42. The quantitative estimate of drug-likeness (QED) is 0.659. The molecule has 0 aromatic heterocycles. The fourth-order valence-corrected chi connectivity index (χ4v) is 4.52. The minimum Gasteiger partial charge on any atom is -0.494 e. The van der Waals surface area contributed by atoms with E-state index in [2.05, 4.69) is 5.32 Å². The van der Waals surface area contributed by atoms with Crippen molar-refractivity contribution in [3.8, 4) is 5.75 Å². The number of nitrogens with one attached hydrogen (secondary N) is 1. The molecule has 2 aromatic rings. The number of nitrogens with zero attached hydrogens (tertiary/aromatic N) is 1. The van der Waals surface area contributed by atoms with Gasteiger partial charge in [0.1, 0.15) is 5.75 Å². The van der Waals surface area contributed by atoms with Crippen molar-refractivity contribution in [2.75, 3.05) is 26.8 Å².